The van der Waals surface area contributed by atoms with Gasteiger partial charge in [-0.3, -0.25) is 9.59 Å². The molecule has 1 amide bonds. The van der Waals surface area contributed by atoms with Gasteiger partial charge in [0, 0.05) is 18.6 Å². The van der Waals surface area contributed by atoms with E-state index in [0.717, 1.165) is 12.8 Å². The lowest BCUT2D eigenvalue weighted by molar-refractivity contribution is 0.0931. The minimum absolute atomic E-state index is 0.00431. The Hall–Kier alpha value is -1.69. The molecule has 0 bridgehead atoms. The Morgan fingerprint density at radius 2 is 2.26 bits per heavy atom. The second-order valence-electron chi connectivity index (χ2n) is 5.07. The van der Waals surface area contributed by atoms with Crippen molar-refractivity contribution in [2.75, 3.05) is 6.61 Å². The largest absolute Gasteiger partial charge is 0.396 e. The predicted octanol–water partition coefficient (Wildman–Crippen LogP) is 0.456. The van der Waals surface area contributed by atoms with Crippen LogP contribution in [-0.2, 0) is 0 Å². The van der Waals surface area contributed by atoms with Crippen LogP contribution in [0.3, 0.4) is 0 Å². The minimum Gasteiger partial charge on any atom is -0.396 e. The summed E-state index contributed by atoms with van der Waals surface area (Å²) in [7, 11) is 0. The van der Waals surface area contributed by atoms with E-state index in [4.69, 9.17) is 5.11 Å². The van der Waals surface area contributed by atoms with Gasteiger partial charge < -0.3 is 15.4 Å². The molecule has 1 aromatic heterocycles. The summed E-state index contributed by atoms with van der Waals surface area (Å²) in [5.74, 6) is 0.592. The van der Waals surface area contributed by atoms with E-state index in [1.807, 2.05) is 0 Å². The fraction of sp³-hybridized carbons (Fsp3) is 0.615. The molecule has 2 rings (SSSR count). The molecule has 1 aromatic rings. The van der Waals surface area contributed by atoms with Crippen molar-refractivity contribution in [2.45, 2.75) is 45.1 Å². The van der Waals surface area contributed by atoms with Gasteiger partial charge >= 0.3 is 0 Å². The summed E-state index contributed by atoms with van der Waals surface area (Å²) in [5, 5.41) is 11.5. The third-order valence-corrected chi connectivity index (χ3v) is 3.25. The van der Waals surface area contributed by atoms with Crippen LogP contribution in [0, 0.1) is 6.92 Å². The van der Waals surface area contributed by atoms with Crippen molar-refractivity contribution >= 4 is 5.91 Å². The van der Waals surface area contributed by atoms with Crippen LogP contribution in [0.2, 0.25) is 0 Å². The van der Waals surface area contributed by atoms with Gasteiger partial charge in [-0.15, -0.1) is 0 Å². The number of aromatic amines is 1. The molecule has 1 aliphatic carbocycles. The van der Waals surface area contributed by atoms with Gasteiger partial charge in [0.15, 0.2) is 0 Å². The van der Waals surface area contributed by atoms with Crippen LogP contribution in [0.15, 0.2) is 4.79 Å². The Morgan fingerprint density at radius 3 is 2.79 bits per heavy atom. The van der Waals surface area contributed by atoms with E-state index < -0.39 is 5.91 Å². The maximum atomic E-state index is 12.0. The fourth-order valence-corrected chi connectivity index (χ4v) is 1.99. The van der Waals surface area contributed by atoms with Gasteiger partial charge in [-0.1, -0.05) is 0 Å². The van der Waals surface area contributed by atoms with Crippen LogP contribution >= 0.6 is 0 Å². The van der Waals surface area contributed by atoms with Crippen LogP contribution in [0.25, 0.3) is 0 Å². The zero-order chi connectivity index (χ0) is 14.0. The molecule has 0 aromatic carbocycles. The van der Waals surface area contributed by atoms with Crippen molar-refractivity contribution in [3.63, 3.8) is 0 Å². The summed E-state index contributed by atoms with van der Waals surface area (Å²) in [6.07, 6.45) is 2.54. The zero-order valence-electron chi connectivity index (χ0n) is 11.2. The highest BCUT2D eigenvalue weighted by atomic mass is 16.3. The number of aliphatic hydroxyl groups is 1. The molecule has 0 spiro atoms. The Bertz CT molecular complexity index is 534. The maximum Gasteiger partial charge on any atom is 0.264 e. The van der Waals surface area contributed by atoms with Crippen molar-refractivity contribution < 1.29 is 9.90 Å². The van der Waals surface area contributed by atoms with Crippen LogP contribution in [0.5, 0.6) is 0 Å². The zero-order valence-corrected chi connectivity index (χ0v) is 11.2. The number of aliphatic hydroxyl groups excluding tert-OH is 1. The number of rotatable bonds is 5. The van der Waals surface area contributed by atoms with Gasteiger partial charge in [-0.25, -0.2) is 4.98 Å². The number of carbonyl (C=O) groups excluding carboxylic acids is 1. The highest BCUT2D eigenvalue weighted by Crippen LogP contribution is 2.37. The summed E-state index contributed by atoms with van der Waals surface area (Å²) in [6, 6.07) is -0.181. The predicted molar refractivity (Wildman–Crippen MR) is 70.2 cm³/mol. The van der Waals surface area contributed by atoms with Crippen molar-refractivity contribution in [1.29, 1.82) is 0 Å². The molecule has 19 heavy (non-hydrogen) atoms. The molecule has 1 heterocycles. The smallest absolute Gasteiger partial charge is 0.264 e. The molecule has 0 saturated heterocycles. The Kier molecular flexibility index (Phi) is 3.99. The third kappa shape index (κ3) is 3.20. The molecule has 6 heteroatoms. The maximum absolute atomic E-state index is 12.0. The van der Waals surface area contributed by atoms with Crippen LogP contribution in [0.1, 0.15) is 54.0 Å². The van der Waals surface area contributed by atoms with Crippen LogP contribution in [0.4, 0.5) is 0 Å². The van der Waals surface area contributed by atoms with Gasteiger partial charge in [0.25, 0.3) is 11.5 Å². The van der Waals surface area contributed by atoms with E-state index in [9.17, 15) is 9.59 Å². The number of amides is 1. The quantitative estimate of drug-likeness (QED) is 0.720. The van der Waals surface area contributed by atoms with E-state index >= 15 is 0 Å². The van der Waals surface area contributed by atoms with E-state index in [2.05, 4.69) is 15.3 Å². The number of aryl methyl sites for hydroxylation is 1. The number of nitrogens with zero attached hydrogens (tertiary/aromatic N) is 1. The minimum atomic E-state index is -0.436. The first kappa shape index (κ1) is 13.7. The molecule has 6 nitrogen and oxygen atoms in total. The second-order valence-corrected chi connectivity index (χ2v) is 5.07. The number of H-pyrrole nitrogens is 1. The topological polar surface area (TPSA) is 95.1 Å². The molecule has 1 atom stereocenters. The summed E-state index contributed by atoms with van der Waals surface area (Å²) in [4.78, 5) is 31.0. The Balaban J connectivity index is 2.19. The normalized spacial score (nSPS) is 16.2. The molecule has 0 aliphatic heterocycles. The summed E-state index contributed by atoms with van der Waals surface area (Å²) in [6.45, 7) is 3.45. The van der Waals surface area contributed by atoms with Crippen molar-refractivity contribution in [1.82, 2.24) is 15.3 Å². The summed E-state index contributed by atoms with van der Waals surface area (Å²) >= 11 is 0. The molecular formula is C13H19N3O3. The number of nitrogens with one attached hydrogen (secondary N) is 2. The Morgan fingerprint density at radius 1 is 1.58 bits per heavy atom. The average molecular weight is 265 g/mol. The molecule has 1 fully saturated rings. The molecule has 104 valence electrons. The van der Waals surface area contributed by atoms with E-state index in [0.29, 0.717) is 23.9 Å². The molecule has 1 aliphatic rings. The fourth-order valence-electron chi connectivity index (χ4n) is 1.99. The molecule has 3 N–H and O–H groups in total. The third-order valence-electron chi connectivity index (χ3n) is 3.25. The first-order chi connectivity index (χ1) is 9.02. The van der Waals surface area contributed by atoms with Gasteiger partial charge in [0.1, 0.15) is 11.4 Å². The van der Waals surface area contributed by atoms with Gasteiger partial charge in [-0.2, -0.15) is 0 Å². The van der Waals surface area contributed by atoms with E-state index in [1.54, 1.807) is 13.8 Å². The number of hydrogen-bond donors (Lipinski definition) is 3. The lowest BCUT2D eigenvalue weighted by Crippen LogP contribution is -2.37. The SMILES string of the molecule is Cc1nc(C2CC2)[nH]c(=O)c1C(=O)NC(C)CCO. The van der Waals surface area contributed by atoms with Crippen molar-refractivity contribution in [2.24, 2.45) is 0 Å². The second kappa shape index (κ2) is 5.52. The summed E-state index contributed by atoms with van der Waals surface area (Å²) in [5.41, 5.74) is 0.136. The van der Waals surface area contributed by atoms with Gasteiger partial charge in [0.05, 0.1) is 5.69 Å². The highest BCUT2D eigenvalue weighted by molar-refractivity contribution is 5.94. The first-order valence-corrected chi connectivity index (χ1v) is 6.55. The Labute approximate surface area is 111 Å². The van der Waals surface area contributed by atoms with Crippen LogP contribution < -0.4 is 10.9 Å². The van der Waals surface area contributed by atoms with E-state index in [-0.39, 0.29) is 23.8 Å². The molecule has 1 unspecified atom stereocenters. The van der Waals surface area contributed by atoms with Gasteiger partial charge in [-0.05, 0) is 33.1 Å². The number of aromatic nitrogens is 2. The van der Waals surface area contributed by atoms with Crippen molar-refractivity contribution in [3.8, 4) is 0 Å². The van der Waals surface area contributed by atoms with E-state index in [1.165, 1.54) is 0 Å². The molecule has 0 radical (unpaired) electrons. The van der Waals surface area contributed by atoms with Gasteiger partial charge in [0.2, 0.25) is 0 Å². The standard InChI is InChI=1S/C13H19N3O3/c1-7(5-6-17)14-12(18)10-8(2)15-11(9-3-4-9)16-13(10)19/h7,9,17H,3-6H2,1-2H3,(H,14,18)(H,15,16,19). The molecular weight excluding hydrogens is 246 g/mol. The lowest BCUT2D eigenvalue weighted by atomic mass is 10.2. The lowest BCUT2D eigenvalue weighted by Gasteiger charge is -2.13. The molecule has 1 saturated carbocycles. The average Bonchev–Trinajstić information content (AvgIpc) is 3.11. The van der Waals surface area contributed by atoms with Crippen LogP contribution in [-0.4, -0.2) is 33.6 Å². The summed E-state index contributed by atoms with van der Waals surface area (Å²) < 4.78 is 0. The first-order valence-electron chi connectivity index (χ1n) is 6.55. The monoisotopic (exact) mass is 265 g/mol. The number of hydrogen-bond acceptors (Lipinski definition) is 4. The highest BCUT2D eigenvalue weighted by Gasteiger charge is 2.28. The number of carbonyl (C=O) groups is 1. The van der Waals surface area contributed by atoms with Crippen molar-refractivity contribution in [3.05, 3.63) is 27.4 Å².